The number of carboxylic acid groups (broad SMARTS) is 1. The summed E-state index contributed by atoms with van der Waals surface area (Å²) >= 11 is 0. The Labute approximate surface area is 112 Å². The Bertz CT molecular complexity index is 422. The molecular formula is C13H18N2O4. The maximum absolute atomic E-state index is 12.1. The minimum atomic E-state index is -1.03. The number of aromatic nitrogens is 1. The minimum Gasteiger partial charge on any atom is -0.480 e. The van der Waals surface area contributed by atoms with Crippen molar-refractivity contribution >= 4 is 11.9 Å². The van der Waals surface area contributed by atoms with Crippen molar-refractivity contribution in [2.75, 3.05) is 13.1 Å². The molecule has 1 unspecified atom stereocenters. The van der Waals surface area contributed by atoms with E-state index in [4.69, 9.17) is 9.84 Å². The molecule has 1 aromatic rings. The number of aliphatic carboxylic acids is 1. The topological polar surface area (TPSA) is 79.7 Å². The molecule has 0 saturated carbocycles. The first kappa shape index (κ1) is 14.9. The van der Waals surface area contributed by atoms with Crippen LogP contribution < -0.4 is 4.74 Å². The largest absolute Gasteiger partial charge is 0.480 e. The number of nitrogens with zero attached hydrogens (tertiary/aromatic N) is 2. The molecule has 104 valence electrons. The molecular weight excluding hydrogens is 248 g/mol. The van der Waals surface area contributed by atoms with Crippen molar-refractivity contribution in [1.29, 1.82) is 0 Å². The Morgan fingerprint density at radius 3 is 2.79 bits per heavy atom. The van der Waals surface area contributed by atoms with Crippen LogP contribution in [0.3, 0.4) is 0 Å². The van der Waals surface area contributed by atoms with Crippen LogP contribution in [-0.2, 0) is 9.59 Å². The fourth-order valence-corrected chi connectivity index (χ4v) is 1.63. The summed E-state index contributed by atoms with van der Waals surface area (Å²) in [5.41, 5.74) is 0. The first-order chi connectivity index (χ1) is 9.04. The van der Waals surface area contributed by atoms with Crippen LogP contribution in [0.5, 0.6) is 5.75 Å². The van der Waals surface area contributed by atoms with E-state index in [-0.39, 0.29) is 12.5 Å². The van der Waals surface area contributed by atoms with Crippen LogP contribution in [0.2, 0.25) is 0 Å². The Morgan fingerprint density at radius 1 is 1.53 bits per heavy atom. The number of hydrogen-bond acceptors (Lipinski definition) is 4. The zero-order valence-corrected chi connectivity index (χ0v) is 11.1. The fourth-order valence-electron chi connectivity index (χ4n) is 1.63. The van der Waals surface area contributed by atoms with Crippen molar-refractivity contribution in [2.45, 2.75) is 26.4 Å². The van der Waals surface area contributed by atoms with Gasteiger partial charge in [-0.1, -0.05) is 6.92 Å². The molecule has 0 radical (unpaired) electrons. The van der Waals surface area contributed by atoms with Gasteiger partial charge in [-0.3, -0.25) is 14.6 Å². The molecule has 1 N–H and O–H groups in total. The van der Waals surface area contributed by atoms with Crippen LogP contribution in [0.4, 0.5) is 0 Å². The van der Waals surface area contributed by atoms with Crippen molar-refractivity contribution in [3.63, 3.8) is 0 Å². The Hall–Kier alpha value is -2.11. The first-order valence-corrected chi connectivity index (χ1v) is 6.11. The molecule has 0 aliphatic heterocycles. The van der Waals surface area contributed by atoms with E-state index in [1.54, 1.807) is 25.3 Å². The van der Waals surface area contributed by atoms with Gasteiger partial charge in [-0.15, -0.1) is 0 Å². The van der Waals surface area contributed by atoms with E-state index in [1.165, 1.54) is 11.1 Å². The smallest absolute Gasteiger partial charge is 0.323 e. The molecule has 1 atom stereocenters. The molecule has 1 heterocycles. The summed E-state index contributed by atoms with van der Waals surface area (Å²) in [5, 5.41) is 8.79. The van der Waals surface area contributed by atoms with E-state index < -0.39 is 12.1 Å². The van der Waals surface area contributed by atoms with Crippen molar-refractivity contribution in [1.82, 2.24) is 9.88 Å². The number of amides is 1. The molecule has 0 fully saturated rings. The normalized spacial score (nSPS) is 11.7. The molecule has 6 nitrogen and oxygen atoms in total. The number of hydrogen-bond donors (Lipinski definition) is 1. The molecule has 0 saturated heterocycles. The number of carbonyl (C=O) groups excluding carboxylic acids is 1. The van der Waals surface area contributed by atoms with Crippen molar-refractivity contribution in [3.8, 4) is 5.75 Å². The third-order valence-corrected chi connectivity index (χ3v) is 2.43. The number of carbonyl (C=O) groups is 2. The average Bonchev–Trinajstić information content (AvgIpc) is 2.38. The molecule has 0 aromatic carbocycles. The predicted octanol–water partition coefficient (Wildman–Crippen LogP) is 1.17. The molecule has 0 bridgehead atoms. The standard InChI is InChI=1S/C13H18N2O4/c1-3-7-15(9-12(16)17)13(18)10(2)19-11-5-4-6-14-8-11/h4-6,8,10H,3,7,9H2,1-2H3,(H,16,17). The second kappa shape index (κ2) is 7.35. The molecule has 6 heteroatoms. The van der Waals surface area contributed by atoms with Gasteiger partial charge in [0.15, 0.2) is 6.10 Å². The van der Waals surface area contributed by atoms with E-state index in [2.05, 4.69) is 4.98 Å². The van der Waals surface area contributed by atoms with E-state index in [1.807, 2.05) is 6.92 Å². The van der Waals surface area contributed by atoms with Crippen LogP contribution in [0.1, 0.15) is 20.3 Å². The van der Waals surface area contributed by atoms with E-state index in [0.29, 0.717) is 18.7 Å². The quantitative estimate of drug-likeness (QED) is 0.801. The number of pyridine rings is 1. The molecule has 0 spiro atoms. The highest BCUT2D eigenvalue weighted by Gasteiger charge is 2.23. The van der Waals surface area contributed by atoms with E-state index in [9.17, 15) is 9.59 Å². The third kappa shape index (κ3) is 4.95. The van der Waals surface area contributed by atoms with Gasteiger partial charge in [-0.2, -0.15) is 0 Å². The van der Waals surface area contributed by atoms with Gasteiger partial charge in [0, 0.05) is 12.7 Å². The minimum absolute atomic E-state index is 0.312. The lowest BCUT2D eigenvalue weighted by Gasteiger charge is -2.24. The third-order valence-electron chi connectivity index (χ3n) is 2.43. The summed E-state index contributed by atoms with van der Waals surface area (Å²) in [4.78, 5) is 28.0. The van der Waals surface area contributed by atoms with Crippen LogP contribution in [0, 0.1) is 0 Å². The van der Waals surface area contributed by atoms with Crippen LogP contribution in [-0.4, -0.2) is 46.1 Å². The van der Waals surface area contributed by atoms with Gasteiger partial charge in [-0.05, 0) is 25.5 Å². The fraction of sp³-hybridized carbons (Fsp3) is 0.462. The zero-order valence-electron chi connectivity index (χ0n) is 11.1. The van der Waals surface area contributed by atoms with Gasteiger partial charge in [0.25, 0.3) is 5.91 Å². The SMILES string of the molecule is CCCN(CC(=O)O)C(=O)C(C)Oc1cccnc1. The van der Waals surface area contributed by atoms with Gasteiger partial charge < -0.3 is 14.7 Å². The molecule has 19 heavy (non-hydrogen) atoms. The molecule has 1 rings (SSSR count). The number of ether oxygens (including phenoxy) is 1. The lowest BCUT2D eigenvalue weighted by molar-refractivity contribution is -0.147. The number of carboxylic acids is 1. The zero-order chi connectivity index (χ0) is 14.3. The second-order valence-electron chi connectivity index (χ2n) is 4.10. The maximum atomic E-state index is 12.1. The summed E-state index contributed by atoms with van der Waals surface area (Å²) in [6.45, 7) is 3.56. The maximum Gasteiger partial charge on any atom is 0.323 e. The van der Waals surface area contributed by atoms with Crippen molar-refractivity contribution < 1.29 is 19.4 Å². The van der Waals surface area contributed by atoms with Gasteiger partial charge in [0.05, 0.1) is 6.20 Å². The summed E-state index contributed by atoms with van der Waals surface area (Å²) in [6, 6.07) is 3.39. The van der Waals surface area contributed by atoms with Gasteiger partial charge in [0.2, 0.25) is 0 Å². The highest BCUT2D eigenvalue weighted by Crippen LogP contribution is 2.10. The highest BCUT2D eigenvalue weighted by atomic mass is 16.5. The Morgan fingerprint density at radius 2 is 2.26 bits per heavy atom. The van der Waals surface area contributed by atoms with E-state index >= 15 is 0 Å². The van der Waals surface area contributed by atoms with Gasteiger partial charge in [-0.25, -0.2) is 0 Å². The van der Waals surface area contributed by atoms with Gasteiger partial charge >= 0.3 is 5.97 Å². The summed E-state index contributed by atoms with van der Waals surface area (Å²) in [6.07, 6.45) is 3.06. The molecule has 0 aliphatic carbocycles. The lowest BCUT2D eigenvalue weighted by atomic mass is 10.3. The van der Waals surface area contributed by atoms with Crippen molar-refractivity contribution in [2.24, 2.45) is 0 Å². The van der Waals surface area contributed by atoms with Gasteiger partial charge in [0.1, 0.15) is 12.3 Å². The lowest BCUT2D eigenvalue weighted by Crippen LogP contribution is -2.43. The van der Waals surface area contributed by atoms with Crippen molar-refractivity contribution in [3.05, 3.63) is 24.5 Å². The monoisotopic (exact) mass is 266 g/mol. The summed E-state index contributed by atoms with van der Waals surface area (Å²) < 4.78 is 5.44. The van der Waals surface area contributed by atoms with Crippen LogP contribution in [0.15, 0.2) is 24.5 Å². The second-order valence-corrected chi connectivity index (χ2v) is 4.10. The first-order valence-electron chi connectivity index (χ1n) is 6.11. The molecule has 1 aromatic heterocycles. The molecule has 1 amide bonds. The summed E-state index contributed by atoms with van der Waals surface area (Å²) in [7, 11) is 0. The highest BCUT2D eigenvalue weighted by molar-refractivity contribution is 5.84. The Balaban J connectivity index is 2.65. The van der Waals surface area contributed by atoms with Crippen LogP contribution >= 0.6 is 0 Å². The van der Waals surface area contributed by atoms with Crippen LogP contribution in [0.25, 0.3) is 0 Å². The van der Waals surface area contributed by atoms with E-state index in [0.717, 1.165) is 0 Å². The Kier molecular flexibility index (Phi) is 5.78. The summed E-state index contributed by atoms with van der Waals surface area (Å²) in [5.74, 6) is -0.890. The predicted molar refractivity (Wildman–Crippen MR) is 68.8 cm³/mol. The molecule has 0 aliphatic rings. The average molecular weight is 266 g/mol. The number of rotatable bonds is 7.